The molecule has 3 rings (SSSR count). The molecule has 6 nitrogen and oxygen atoms in total. The van der Waals surface area contributed by atoms with E-state index in [0.29, 0.717) is 11.3 Å². The van der Waals surface area contributed by atoms with Gasteiger partial charge in [0.1, 0.15) is 10.8 Å². The van der Waals surface area contributed by atoms with Crippen molar-refractivity contribution in [1.29, 1.82) is 0 Å². The number of aryl methyl sites for hydroxylation is 2. The molecule has 8 heteroatoms. The monoisotopic (exact) mass is 454 g/mol. The topological polar surface area (TPSA) is 84.5 Å². The van der Waals surface area contributed by atoms with Crippen LogP contribution in [0.15, 0.2) is 42.5 Å². The second-order valence-corrected chi connectivity index (χ2v) is 8.23. The average Bonchev–Trinajstić information content (AvgIpc) is 3.06. The van der Waals surface area contributed by atoms with Crippen molar-refractivity contribution in [3.05, 3.63) is 81.0 Å². The highest BCUT2D eigenvalue weighted by Gasteiger charge is 2.27. The van der Waals surface area contributed by atoms with E-state index < -0.39 is 23.6 Å². The highest BCUT2D eigenvalue weighted by Crippen LogP contribution is 2.35. The highest BCUT2D eigenvalue weighted by molar-refractivity contribution is 7.19. The molecule has 0 spiro atoms. The fourth-order valence-electron chi connectivity index (χ4n) is 3.18. The quantitative estimate of drug-likeness (QED) is 0.482. The Kier molecular flexibility index (Phi) is 7.05. The molecule has 32 heavy (non-hydrogen) atoms. The second kappa shape index (κ2) is 9.74. The number of thiophene rings is 1. The standard InChI is InChI=1S/C24H23FN2O4S/c1-5-31-24(30)19-15(4)20(22(29)26-18-11-6-13(2)12-14(18)3)32-23(19)27-21(28)16-7-9-17(25)10-8-16/h6-12H,5H2,1-4H3,(H,26,29)(H,27,28). The summed E-state index contributed by atoms with van der Waals surface area (Å²) >= 11 is 0.984. The minimum atomic E-state index is -0.638. The first kappa shape index (κ1) is 23.1. The largest absolute Gasteiger partial charge is 0.462 e. The number of anilines is 2. The lowest BCUT2D eigenvalue weighted by atomic mass is 10.1. The first-order chi connectivity index (χ1) is 15.2. The van der Waals surface area contributed by atoms with Crippen LogP contribution in [0.25, 0.3) is 0 Å². The molecule has 0 saturated carbocycles. The number of ether oxygens (including phenoxy) is 1. The van der Waals surface area contributed by atoms with Crippen molar-refractivity contribution in [1.82, 2.24) is 0 Å². The number of carbonyl (C=O) groups is 3. The van der Waals surface area contributed by atoms with Gasteiger partial charge in [-0.05, 0) is 69.2 Å². The van der Waals surface area contributed by atoms with Gasteiger partial charge in [-0.3, -0.25) is 9.59 Å². The maximum atomic E-state index is 13.2. The summed E-state index contributed by atoms with van der Waals surface area (Å²) in [6, 6.07) is 10.7. The smallest absolute Gasteiger partial charge is 0.341 e. The molecule has 1 heterocycles. The predicted molar refractivity (Wildman–Crippen MR) is 123 cm³/mol. The molecule has 0 unspecified atom stereocenters. The highest BCUT2D eigenvalue weighted by atomic mass is 32.1. The summed E-state index contributed by atoms with van der Waals surface area (Å²) in [4.78, 5) is 38.5. The van der Waals surface area contributed by atoms with Gasteiger partial charge in [-0.2, -0.15) is 0 Å². The Morgan fingerprint density at radius 2 is 1.66 bits per heavy atom. The van der Waals surface area contributed by atoms with Gasteiger partial charge >= 0.3 is 5.97 Å². The van der Waals surface area contributed by atoms with Crippen LogP contribution in [-0.2, 0) is 4.74 Å². The van der Waals surface area contributed by atoms with Crippen LogP contribution in [0.3, 0.4) is 0 Å². The van der Waals surface area contributed by atoms with Crippen molar-refractivity contribution in [3.63, 3.8) is 0 Å². The van der Waals surface area contributed by atoms with Crippen molar-refractivity contribution < 1.29 is 23.5 Å². The van der Waals surface area contributed by atoms with Gasteiger partial charge in [-0.25, -0.2) is 9.18 Å². The third-order valence-electron chi connectivity index (χ3n) is 4.80. The molecule has 0 bridgehead atoms. The molecule has 0 saturated heterocycles. The molecular weight excluding hydrogens is 431 g/mol. The molecule has 2 N–H and O–H groups in total. The zero-order chi connectivity index (χ0) is 23.4. The maximum absolute atomic E-state index is 13.2. The van der Waals surface area contributed by atoms with Crippen LogP contribution in [0.2, 0.25) is 0 Å². The van der Waals surface area contributed by atoms with Crippen LogP contribution in [0.5, 0.6) is 0 Å². The Balaban J connectivity index is 1.95. The lowest BCUT2D eigenvalue weighted by Gasteiger charge is -2.09. The number of rotatable bonds is 6. The van der Waals surface area contributed by atoms with Gasteiger partial charge in [0.2, 0.25) is 0 Å². The molecule has 0 radical (unpaired) electrons. The predicted octanol–water partition coefficient (Wildman–Crippen LogP) is 5.49. The molecule has 2 amide bonds. The van der Waals surface area contributed by atoms with Gasteiger partial charge in [0.25, 0.3) is 11.8 Å². The van der Waals surface area contributed by atoms with Gasteiger partial charge in [-0.1, -0.05) is 17.7 Å². The summed E-state index contributed by atoms with van der Waals surface area (Å²) in [6.07, 6.45) is 0. The van der Waals surface area contributed by atoms with Gasteiger partial charge in [0.15, 0.2) is 0 Å². The molecule has 0 atom stereocenters. The van der Waals surface area contributed by atoms with Crippen LogP contribution in [0.1, 0.15) is 54.0 Å². The summed E-state index contributed by atoms with van der Waals surface area (Å²) in [6.45, 7) is 7.30. The third kappa shape index (κ3) is 5.03. The van der Waals surface area contributed by atoms with Crippen LogP contribution >= 0.6 is 11.3 Å². The molecule has 2 aromatic carbocycles. The van der Waals surface area contributed by atoms with Crippen LogP contribution in [-0.4, -0.2) is 24.4 Å². The molecule has 0 fully saturated rings. The van der Waals surface area contributed by atoms with Crippen molar-refractivity contribution in [2.75, 3.05) is 17.2 Å². The van der Waals surface area contributed by atoms with Crippen molar-refractivity contribution in [2.45, 2.75) is 27.7 Å². The number of amides is 2. The lowest BCUT2D eigenvalue weighted by molar-refractivity contribution is 0.0527. The Hall–Kier alpha value is -3.52. The van der Waals surface area contributed by atoms with E-state index in [0.717, 1.165) is 22.5 Å². The fraction of sp³-hybridized carbons (Fsp3) is 0.208. The summed E-state index contributed by atoms with van der Waals surface area (Å²) in [5.41, 5.74) is 3.38. The van der Waals surface area contributed by atoms with E-state index in [1.165, 1.54) is 24.3 Å². The number of hydrogen-bond donors (Lipinski definition) is 2. The van der Waals surface area contributed by atoms with E-state index in [1.54, 1.807) is 13.8 Å². The van der Waals surface area contributed by atoms with E-state index in [9.17, 15) is 18.8 Å². The van der Waals surface area contributed by atoms with E-state index in [4.69, 9.17) is 4.74 Å². The first-order valence-electron chi connectivity index (χ1n) is 9.97. The van der Waals surface area contributed by atoms with Gasteiger partial charge < -0.3 is 15.4 Å². The molecule has 166 valence electrons. The van der Waals surface area contributed by atoms with Gasteiger partial charge in [0.05, 0.1) is 17.0 Å². The number of halogens is 1. The zero-order valence-electron chi connectivity index (χ0n) is 18.2. The molecule has 0 aliphatic carbocycles. The molecule has 0 aliphatic rings. The van der Waals surface area contributed by atoms with Crippen molar-refractivity contribution in [3.8, 4) is 0 Å². The van der Waals surface area contributed by atoms with E-state index in [2.05, 4.69) is 10.6 Å². The Morgan fingerprint density at radius 3 is 2.28 bits per heavy atom. The number of esters is 1. The van der Waals surface area contributed by atoms with Crippen molar-refractivity contribution in [2.24, 2.45) is 0 Å². The average molecular weight is 455 g/mol. The minimum Gasteiger partial charge on any atom is -0.462 e. The normalized spacial score (nSPS) is 10.5. The first-order valence-corrected chi connectivity index (χ1v) is 10.8. The molecule has 3 aromatic rings. The fourth-order valence-corrected chi connectivity index (χ4v) is 4.26. The second-order valence-electron chi connectivity index (χ2n) is 7.21. The van der Waals surface area contributed by atoms with Crippen LogP contribution < -0.4 is 10.6 Å². The van der Waals surface area contributed by atoms with E-state index in [-0.39, 0.29) is 27.6 Å². The summed E-state index contributed by atoms with van der Waals surface area (Å²) in [5, 5.41) is 5.72. The number of carbonyl (C=O) groups excluding carboxylic acids is 3. The Labute approximate surface area is 189 Å². The third-order valence-corrected chi connectivity index (χ3v) is 6.00. The minimum absolute atomic E-state index is 0.123. The van der Waals surface area contributed by atoms with E-state index >= 15 is 0 Å². The van der Waals surface area contributed by atoms with Crippen LogP contribution in [0.4, 0.5) is 15.1 Å². The number of benzene rings is 2. The Bertz CT molecular complexity index is 1190. The lowest BCUT2D eigenvalue weighted by Crippen LogP contribution is -2.15. The summed E-state index contributed by atoms with van der Waals surface area (Å²) in [5.74, 6) is -2.03. The number of hydrogen-bond acceptors (Lipinski definition) is 5. The van der Waals surface area contributed by atoms with Crippen molar-refractivity contribution >= 4 is 39.8 Å². The number of nitrogens with one attached hydrogen (secondary N) is 2. The Morgan fingerprint density at radius 1 is 0.969 bits per heavy atom. The van der Waals surface area contributed by atoms with Gasteiger partial charge in [-0.15, -0.1) is 11.3 Å². The van der Waals surface area contributed by atoms with E-state index in [1.807, 2.05) is 32.0 Å². The SMILES string of the molecule is CCOC(=O)c1c(NC(=O)c2ccc(F)cc2)sc(C(=O)Nc2ccc(C)cc2C)c1C. The molecular formula is C24H23FN2O4S. The maximum Gasteiger partial charge on any atom is 0.341 e. The van der Waals surface area contributed by atoms with Crippen LogP contribution in [0, 0.1) is 26.6 Å². The van der Waals surface area contributed by atoms with Gasteiger partial charge in [0, 0.05) is 11.3 Å². The molecule has 0 aliphatic heterocycles. The summed E-state index contributed by atoms with van der Waals surface area (Å²) in [7, 11) is 0. The molecule has 1 aromatic heterocycles. The summed E-state index contributed by atoms with van der Waals surface area (Å²) < 4.78 is 18.3. The zero-order valence-corrected chi connectivity index (χ0v) is 19.0.